The summed E-state index contributed by atoms with van der Waals surface area (Å²) in [5, 5.41) is 27.1. The van der Waals surface area contributed by atoms with Gasteiger partial charge < -0.3 is 20.1 Å². The number of hydrogen-bond acceptors (Lipinski definition) is 5. The zero-order chi connectivity index (χ0) is 12.1. The zero-order valence-electron chi connectivity index (χ0n) is 8.88. The maximum Gasteiger partial charge on any atom is 0.334 e. The van der Waals surface area contributed by atoms with Crippen molar-refractivity contribution in [3.05, 3.63) is 23.8 Å². The molecular formula is C11H14O5. The molecule has 0 heterocycles. The average molecular weight is 226 g/mol. The van der Waals surface area contributed by atoms with E-state index in [0.717, 1.165) is 5.56 Å². The largest absolute Gasteiger partial charge is 0.504 e. The van der Waals surface area contributed by atoms with E-state index in [4.69, 9.17) is 14.9 Å². The molecule has 1 aromatic carbocycles. The molecule has 0 radical (unpaired) electrons. The summed E-state index contributed by atoms with van der Waals surface area (Å²) in [6.07, 6.45) is -0.722. The van der Waals surface area contributed by atoms with Gasteiger partial charge in [0, 0.05) is 6.42 Å². The Kier molecular flexibility index (Phi) is 4.13. The van der Waals surface area contributed by atoms with Gasteiger partial charge in [0.15, 0.2) is 11.5 Å². The molecule has 0 bridgehead atoms. The minimum absolute atomic E-state index is 0.119. The molecule has 16 heavy (non-hydrogen) atoms. The molecule has 0 fully saturated rings. The van der Waals surface area contributed by atoms with Crippen LogP contribution >= 0.6 is 0 Å². The Hall–Kier alpha value is -1.75. The van der Waals surface area contributed by atoms with Crippen LogP contribution in [0.3, 0.4) is 0 Å². The Morgan fingerprint density at radius 2 is 2.06 bits per heavy atom. The second-order valence-electron chi connectivity index (χ2n) is 3.42. The third kappa shape index (κ3) is 3.43. The van der Waals surface area contributed by atoms with Crippen LogP contribution in [0.15, 0.2) is 18.2 Å². The molecule has 1 rings (SSSR count). The number of aliphatic hydroxyl groups is 1. The summed E-state index contributed by atoms with van der Waals surface area (Å²) in [6, 6.07) is 4.37. The topological polar surface area (TPSA) is 87.0 Å². The highest BCUT2D eigenvalue weighted by molar-refractivity contribution is 5.73. The predicted octanol–water partition coefficient (Wildman–Crippen LogP) is 0.564. The highest BCUT2D eigenvalue weighted by Gasteiger charge is 2.09. The first kappa shape index (κ1) is 12.3. The lowest BCUT2D eigenvalue weighted by Gasteiger charge is -2.07. The maximum atomic E-state index is 10.9. The van der Waals surface area contributed by atoms with Crippen molar-refractivity contribution in [2.75, 3.05) is 6.61 Å². The molecule has 3 N–H and O–H groups in total. The van der Waals surface area contributed by atoms with E-state index in [2.05, 4.69) is 0 Å². The second-order valence-corrected chi connectivity index (χ2v) is 3.42. The number of aromatic hydroxyl groups is 2. The summed E-state index contributed by atoms with van der Waals surface area (Å²) < 4.78 is 4.74. The number of carbonyl (C=O) groups is 1. The van der Waals surface area contributed by atoms with Crippen molar-refractivity contribution >= 4 is 5.97 Å². The van der Waals surface area contributed by atoms with Gasteiger partial charge in [-0.25, -0.2) is 4.79 Å². The van der Waals surface area contributed by atoms with Crippen LogP contribution in [0.4, 0.5) is 0 Å². The summed E-state index contributed by atoms with van der Waals surface area (Å²) in [5.74, 6) is -1.08. The molecule has 0 aliphatic rings. The molecular weight excluding hydrogens is 212 g/mol. The van der Waals surface area contributed by atoms with Crippen molar-refractivity contribution in [3.63, 3.8) is 0 Å². The van der Waals surface area contributed by atoms with Crippen molar-refractivity contribution in [2.45, 2.75) is 19.4 Å². The fraction of sp³-hybridized carbons (Fsp3) is 0.364. The fourth-order valence-electron chi connectivity index (χ4n) is 1.11. The molecule has 1 aromatic rings. The average Bonchev–Trinajstić information content (AvgIpc) is 2.23. The van der Waals surface area contributed by atoms with E-state index in [1.54, 1.807) is 6.07 Å². The molecule has 0 aliphatic heterocycles. The third-order valence-electron chi connectivity index (χ3n) is 2.02. The Morgan fingerprint density at radius 1 is 1.38 bits per heavy atom. The van der Waals surface area contributed by atoms with Gasteiger partial charge >= 0.3 is 5.97 Å². The Bertz CT molecular complexity index is 373. The van der Waals surface area contributed by atoms with Gasteiger partial charge in [-0.2, -0.15) is 0 Å². The fourth-order valence-corrected chi connectivity index (χ4v) is 1.11. The first-order valence-corrected chi connectivity index (χ1v) is 4.86. The van der Waals surface area contributed by atoms with Crippen molar-refractivity contribution < 1.29 is 24.9 Å². The van der Waals surface area contributed by atoms with E-state index in [-0.39, 0.29) is 18.1 Å². The maximum absolute atomic E-state index is 10.9. The van der Waals surface area contributed by atoms with Gasteiger partial charge in [-0.1, -0.05) is 6.07 Å². The number of ether oxygens (including phenoxy) is 1. The van der Waals surface area contributed by atoms with Crippen LogP contribution in [-0.4, -0.2) is 34.0 Å². The lowest BCUT2D eigenvalue weighted by molar-refractivity contribution is -0.152. The molecule has 0 amide bonds. The molecule has 88 valence electrons. The number of phenolic OH excluding ortho intramolecular Hbond substituents is 2. The van der Waals surface area contributed by atoms with Crippen molar-refractivity contribution in [1.29, 1.82) is 0 Å². The van der Waals surface area contributed by atoms with Crippen LogP contribution in [0.25, 0.3) is 0 Å². The van der Waals surface area contributed by atoms with Crippen molar-refractivity contribution in [1.82, 2.24) is 0 Å². The van der Waals surface area contributed by atoms with E-state index in [0.29, 0.717) is 6.42 Å². The van der Waals surface area contributed by atoms with Crippen LogP contribution in [0, 0.1) is 0 Å². The Morgan fingerprint density at radius 3 is 2.62 bits per heavy atom. The lowest BCUT2D eigenvalue weighted by atomic mass is 10.1. The SMILES string of the molecule is CC(O)C(=O)OCCc1ccc(O)c(O)c1. The third-order valence-corrected chi connectivity index (χ3v) is 2.02. The number of aliphatic hydroxyl groups excluding tert-OH is 1. The number of phenols is 2. The lowest BCUT2D eigenvalue weighted by Crippen LogP contribution is -2.20. The highest BCUT2D eigenvalue weighted by Crippen LogP contribution is 2.24. The van der Waals surface area contributed by atoms with Crippen LogP contribution in [-0.2, 0) is 16.0 Å². The monoisotopic (exact) mass is 226 g/mol. The van der Waals surface area contributed by atoms with Crippen LogP contribution in [0.1, 0.15) is 12.5 Å². The number of esters is 1. The zero-order valence-corrected chi connectivity index (χ0v) is 8.88. The summed E-state index contributed by atoms with van der Waals surface area (Å²) in [5.41, 5.74) is 0.730. The molecule has 0 saturated heterocycles. The van der Waals surface area contributed by atoms with E-state index in [9.17, 15) is 9.90 Å². The number of benzene rings is 1. The molecule has 0 saturated carbocycles. The Balaban J connectivity index is 2.43. The standard InChI is InChI=1S/C11H14O5/c1-7(12)11(15)16-5-4-8-2-3-9(13)10(14)6-8/h2-3,6-7,12-14H,4-5H2,1H3. The van der Waals surface area contributed by atoms with Crippen LogP contribution in [0.5, 0.6) is 11.5 Å². The smallest absolute Gasteiger partial charge is 0.334 e. The molecule has 0 aliphatic carbocycles. The van der Waals surface area contributed by atoms with Crippen LogP contribution < -0.4 is 0 Å². The van der Waals surface area contributed by atoms with Gasteiger partial charge in [0.25, 0.3) is 0 Å². The molecule has 1 unspecified atom stereocenters. The predicted molar refractivity (Wildman–Crippen MR) is 56.1 cm³/mol. The number of carbonyl (C=O) groups excluding carboxylic acids is 1. The van der Waals surface area contributed by atoms with Gasteiger partial charge in [-0.15, -0.1) is 0 Å². The molecule has 1 atom stereocenters. The normalized spacial score (nSPS) is 12.1. The van der Waals surface area contributed by atoms with Gasteiger partial charge in [-0.05, 0) is 24.6 Å². The molecule has 5 nitrogen and oxygen atoms in total. The van der Waals surface area contributed by atoms with E-state index < -0.39 is 12.1 Å². The second kappa shape index (κ2) is 5.37. The first-order valence-electron chi connectivity index (χ1n) is 4.86. The molecule has 5 heteroatoms. The summed E-state index contributed by atoms with van der Waals surface area (Å²) in [6.45, 7) is 1.45. The van der Waals surface area contributed by atoms with Gasteiger partial charge in [0.1, 0.15) is 6.10 Å². The summed E-state index contributed by atoms with van der Waals surface area (Å²) >= 11 is 0. The van der Waals surface area contributed by atoms with Crippen LogP contribution in [0.2, 0.25) is 0 Å². The van der Waals surface area contributed by atoms with E-state index in [1.165, 1.54) is 19.1 Å². The Labute approximate surface area is 92.9 Å². The quantitative estimate of drug-likeness (QED) is 0.516. The van der Waals surface area contributed by atoms with Gasteiger partial charge in [0.05, 0.1) is 6.61 Å². The number of hydrogen-bond donors (Lipinski definition) is 3. The van der Waals surface area contributed by atoms with E-state index in [1.807, 2.05) is 0 Å². The summed E-state index contributed by atoms with van der Waals surface area (Å²) in [7, 11) is 0. The van der Waals surface area contributed by atoms with Gasteiger partial charge in [0.2, 0.25) is 0 Å². The molecule has 0 spiro atoms. The highest BCUT2D eigenvalue weighted by atomic mass is 16.5. The van der Waals surface area contributed by atoms with Crippen molar-refractivity contribution in [3.8, 4) is 11.5 Å². The molecule has 0 aromatic heterocycles. The van der Waals surface area contributed by atoms with Crippen molar-refractivity contribution in [2.24, 2.45) is 0 Å². The first-order chi connectivity index (χ1) is 7.50. The summed E-state index contributed by atoms with van der Waals surface area (Å²) in [4.78, 5) is 10.9. The number of rotatable bonds is 4. The minimum Gasteiger partial charge on any atom is -0.504 e. The van der Waals surface area contributed by atoms with E-state index >= 15 is 0 Å². The van der Waals surface area contributed by atoms with Gasteiger partial charge in [-0.3, -0.25) is 0 Å². The minimum atomic E-state index is -1.13.